The Morgan fingerprint density at radius 1 is 0.523 bits per heavy atom. The lowest BCUT2D eigenvalue weighted by Gasteiger charge is -2.37. The second-order valence-corrected chi connectivity index (χ2v) is 30.8. The van der Waals surface area contributed by atoms with Gasteiger partial charge in [0.05, 0.1) is 12.6 Å². The molecule has 29 nitrogen and oxygen atoms in total. The molecule has 12 atom stereocenters. The van der Waals surface area contributed by atoms with Crippen LogP contribution < -0.4 is 37.2 Å². The fourth-order valence-corrected chi connectivity index (χ4v) is 12.7. The number of carbonyl (C=O) groups excluding carboxylic acids is 14. The summed E-state index contributed by atoms with van der Waals surface area (Å²) in [4.78, 5) is 206. The molecule has 0 aromatic heterocycles. The van der Waals surface area contributed by atoms with Gasteiger partial charge in [0.15, 0.2) is 0 Å². The van der Waals surface area contributed by atoms with Gasteiger partial charge in [-0.25, -0.2) is 4.79 Å². The van der Waals surface area contributed by atoms with E-state index in [0.717, 1.165) is 38.9 Å². The SMILES string of the molecule is C=C/C=C(\C=C)C[C@@H](C(=O)NCC(=O)N(C)[C@@H](CC(C)C)C(=O)N(C)[C@H](C(=O)N[C@@H](Cc1ccccc1)C(=O)N[C@@H](CC=O)C(=O)N(C)[C@@H](Cc1ccccc1)C(=O)N[C@@H](C)C(=O)N1CCCCC1)C(C)C)N(C)C(=O)[C@@H](NC(=O)[C@H](CC(C)C)N(C)C(=O)[C@@H](NC(=O)[C@H](C)NC(=O)OC(C)(C)C)C(C)C)[C@@H](C)O. The van der Waals surface area contributed by atoms with Gasteiger partial charge in [0.2, 0.25) is 70.9 Å². The molecule has 0 bridgehead atoms. The molecule has 8 N–H and O–H groups in total. The maximum Gasteiger partial charge on any atom is 0.408 e. The minimum Gasteiger partial charge on any atom is -0.444 e. The summed E-state index contributed by atoms with van der Waals surface area (Å²) in [7, 11) is 6.73. The van der Waals surface area contributed by atoms with Crippen LogP contribution in [0.5, 0.6) is 0 Å². The number of aliphatic hydroxyl groups excluding tert-OH is 1. The summed E-state index contributed by atoms with van der Waals surface area (Å²) in [5.74, 6) is -10.6. The van der Waals surface area contributed by atoms with Gasteiger partial charge in [0.25, 0.3) is 0 Å². The van der Waals surface area contributed by atoms with Gasteiger partial charge in [-0.15, -0.1) is 0 Å². The zero-order valence-corrected chi connectivity index (χ0v) is 67.5. The molecule has 0 spiro atoms. The van der Waals surface area contributed by atoms with Gasteiger partial charge < -0.3 is 81.3 Å². The highest BCUT2D eigenvalue weighted by molar-refractivity contribution is 6.00. The number of piperidine rings is 1. The summed E-state index contributed by atoms with van der Waals surface area (Å²) in [6, 6.07) is 2.99. The number of ether oxygens (including phenoxy) is 1. The van der Waals surface area contributed by atoms with Crippen molar-refractivity contribution in [3.63, 3.8) is 0 Å². The number of likely N-dealkylation sites (tertiary alicyclic amines) is 1. The summed E-state index contributed by atoms with van der Waals surface area (Å²) < 4.78 is 5.28. The van der Waals surface area contributed by atoms with Crippen LogP contribution in [0.15, 0.2) is 97.6 Å². The standard InChI is InChI=1S/C80H123N13O16/c1-22-33-55(23-2)45-61(91(20)78(107)66(54(13)95)87-72(101)60(42-48(3)4)90(19)77(106)65(50(7)8)86-68(97)52(11)83-79(108)109-80(14,15)16)70(99)81-47-64(96)88(17)63(43-49(5)6)76(105)92(21)67(51(9)10)73(102)85-59(44-56-34-27-24-28-35-56)69(98)84-58(38-41-94)75(104)89(18)62(46-57-36-29-25-30-37-57)71(100)82-53(12)74(103)93-39-31-26-32-40-93/h22-25,27-30,33-37,41,48-54,58-63,65-67,95H,1-2,26,31-32,38-40,42-47H2,3-21H3,(H,81,99)(H,82,100)(H,83,108)(H,84,98)(H,85,102)(H,86,97)(H,87,101)/b55-33+/t52-,53-,54+,58-,59-,60-,61-,62-,63-,65-,66-,67-/m0/s1. The van der Waals surface area contributed by atoms with Gasteiger partial charge >= 0.3 is 6.09 Å². The molecule has 2 aromatic carbocycles. The number of hydrogen-bond donors (Lipinski definition) is 8. The van der Waals surface area contributed by atoms with Gasteiger partial charge in [-0.2, -0.15) is 0 Å². The van der Waals surface area contributed by atoms with E-state index in [4.69, 9.17) is 4.74 Å². The molecule has 1 fully saturated rings. The van der Waals surface area contributed by atoms with Crippen molar-refractivity contribution in [2.45, 2.75) is 233 Å². The van der Waals surface area contributed by atoms with Crippen LogP contribution in [0, 0.1) is 23.7 Å². The first-order valence-corrected chi connectivity index (χ1v) is 37.6. The van der Waals surface area contributed by atoms with Crippen molar-refractivity contribution in [2.24, 2.45) is 23.7 Å². The van der Waals surface area contributed by atoms with Crippen LogP contribution in [0.3, 0.4) is 0 Å². The smallest absolute Gasteiger partial charge is 0.408 e. The highest BCUT2D eigenvalue weighted by atomic mass is 16.6. The van der Waals surface area contributed by atoms with Gasteiger partial charge in [-0.1, -0.05) is 147 Å². The molecular formula is C80H123N13O16. The number of nitrogens with zero attached hydrogens (tertiary/aromatic N) is 6. The van der Waals surface area contributed by atoms with Crippen molar-refractivity contribution in [3.05, 3.63) is 109 Å². The van der Waals surface area contributed by atoms with E-state index in [-0.39, 0.29) is 49.8 Å². The first kappa shape index (κ1) is 93.4. The van der Waals surface area contributed by atoms with Gasteiger partial charge in [-0.05, 0) is 114 Å². The van der Waals surface area contributed by atoms with E-state index in [1.54, 1.807) is 141 Å². The summed E-state index contributed by atoms with van der Waals surface area (Å²) >= 11 is 0. The third kappa shape index (κ3) is 29.3. The van der Waals surface area contributed by atoms with E-state index in [2.05, 4.69) is 50.4 Å². The number of aldehydes is 1. The molecule has 0 aliphatic carbocycles. The summed E-state index contributed by atoms with van der Waals surface area (Å²) in [5, 5.41) is 29.9. The van der Waals surface area contributed by atoms with Crippen molar-refractivity contribution in [1.29, 1.82) is 0 Å². The Balaban J connectivity index is 1.95. The van der Waals surface area contributed by atoms with E-state index < -0.39 is 174 Å². The molecule has 0 saturated carbocycles. The van der Waals surface area contributed by atoms with Crippen LogP contribution in [0.4, 0.5) is 4.79 Å². The summed E-state index contributed by atoms with van der Waals surface area (Å²) in [6.45, 7) is 31.1. The van der Waals surface area contributed by atoms with E-state index >= 15 is 4.79 Å². The largest absolute Gasteiger partial charge is 0.444 e. The van der Waals surface area contributed by atoms with Crippen LogP contribution in [0.1, 0.15) is 153 Å². The lowest BCUT2D eigenvalue weighted by molar-refractivity contribution is -0.150. The number of benzene rings is 2. The average molecular weight is 1520 g/mol. The topological polar surface area (TPSA) is 372 Å². The monoisotopic (exact) mass is 1520 g/mol. The van der Waals surface area contributed by atoms with Crippen molar-refractivity contribution in [2.75, 3.05) is 54.9 Å². The van der Waals surface area contributed by atoms with E-state index in [0.29, 0.717) is 36.1 Å². The van der Waals surface area contributed by atoms with Crippen molar-refractivity contribution in [3.8, 4) is 0 Å². The second kappa shape index (κ2) is 44.6. The zero-order valence-electron chi connectivity index (χ0n) is 67.5. The maximum atomic E-state index is 15.1. The minimum atomic E-state index is -1.73. The van der Waals surface area contributed by atoms with Crippen LogP contribution in [-0.2, 0) is 79.9 Å². The highest BCUT2D eigenvalue weighted by Gasteiger charge is 2.43. The fourth-order valence-electron chi connectivity index (χ4n) is 12.7. The average Bonchev–Trinajstić information content (AvgIpc) is 0.824. The molecule has 0 radical (unpaired) electrons. The Labute approximate surface area is 644 Å². The number of alkyl carbamates (subject to hydrolysis) is 1. The predicted octanol–water partition coefficient (Wildman–Crippen LogP) is 4.16. The van der Waals surface area contributed by atoms with Crippen LogP contribution in [0.2, 0.25) is 0 Å². The molecule has 13 amide bonds. The Morgan fingerprint density at radius 2 is 1.03 bits per heavy atom. The quantitative estimate of drug-likeness (QED) is 0.0342. The lowest BCUT2D eigenvalue weighted by Crippen LogP contribution is -2.62. The van der Waals surface area contributed by atoms with Crippen LogP contribution in [0.25, 0.3) is 0 Å². The molecule has 1 aliphatic heterocycles. The third-order valence-corrected chi connectivity index (χ3v) is 18.9. The lowest BCUT2D eigenvalue weighted by atomic mass is 9.96. The van der Waals surface area contributed by atoms with Crippen LogP contribution in [-0.4, -0.2) is 251 Å². The minimum absolute atomic E-state index is 0.00220. The molecule has 2 aromatic rings. The Hall–Kier alpha value is -9.80. The van der Waals surface area contributed by atoms with E-state index in [1.807, 2.05) is 13.8 Å². The molecule has 29 heteroatoms. The first-order chi connectivity index (χ1) is 51.0. The second-order valence-electron chi connectivity index (χ2n) is 30.8. The number of aliphatic hydroxyl groups is 1. The summed E-state index contributed by atoms with van der Waals surface area (Å²) in [6.07, 6.45) is 4.25. The molecule has 0 unspecified atom stereocenters. The maximum absolute atomic E-state index is 15.1. The molecule has 109 heavy (non-hydrogen) atoms. The number of carbonyl (C=O) groups is 14. The Kier molecular flexibility index (Phi) is 38.2. The normalized spacial score (nSPS) is 15.7. The third-order valence-electron chi connectivity index (χ3n) is 18.9. The highest BCUT2D eigenvalue weighted by Crippen LogP contribution is 2.23. The summed E-state index contributed by atoms with van der Waals surface area (Å²) in [5.41, 5.74) is 0.825. The van der Waals surface area contributed by atoms with E-state index in [1.165, 1.54) is 66.1 Å². The van der Waals surface area contributed by atoms with Gasteiger partial charge in [0, 0.05) is 74.0 Å². The van der Waals surface area contributed by atoms with Gasteiger partial charge in [-0.3, -0.25) is 57.5 Å². The number of rotatable bonds is 41. The van der Waals surface area contributed by atoms with Crippen LogP contribution >= 0.6 is 0 Å². The Morgan fingerprint density at radius 3 is 1.53 bits per heavy atom. The molecule has 1 saturated heterocycles. The zero-order chi connectivity index (χ0) is 82.5. The number of nitrogens with one attached hydrogen (secondary N) is 7. The van der Waals surface area contributed by atoms with E-state index in [9.17, 15) is 67.4 Å². The number of allylic oxidation sites excluding steroid dienone is 3. The van der Waals surface area contributed by atoms with Gasteiger partial charge in [0.1, 0.15) is 78.3 Å². The predicted molar refractivity (Wildman–Crippen MR) is 415 cm³/mol. The van der Waals surface area contributed by atoms with Crippen molar-refractivity contribution in [1.82, 2.24) is 66.6 Å². The molecule has 1 heterocycles. The first-order valence-electron chi connectivity index (χ1n) is 37.6. The fraction of sp³-hybridized carbons (Fsp3) is 0.600. The molecule has 1 aliphatic rings. The number of likely N-dealkylation sites (N-methyl/N-ethyl adjacent to an activating group) is 5. The van der Waals surface area contributed by atoms with Crippen molar-refractivity contribution >= 4 is 83.3 Å². The number of hydrogen-bond acceptors (Lipinski definition) is 16. The number of amides is 13. The molecule has 3 rings (SSSR count). The molecular weight excluding hydrogens is 1400 g/mol. The Bertz CT molecular complexity index is 3480. The molecule has 604 valence electrons. The van der Waals surface area contributed by atoms with Crippen molar-refractivity contribution < 1.29 is 77.0 Å².